The van der Waals surface area contributed by atoms with Gasteiger partial charge < -0.3 is 0 Å². The van der Waals surface area contributed by atoms with Crippen LogP contribution >= 0.6 is 0 Å². The molecule has 2 aromatic rings. The van der Waals surface area contributed by atoms with Crippen molar-refractivity contribution in [3.05, 3.63) is 47.5 Å². The number of carbonyl (C=O) groups is 2. The van der Waals surface area contributed by atoms with Crippen molar-refractivity contribution in [2.24, 2.45) is 0 Å². The Morgan fingerprint density at radius 2 is 0.939 bits per heavy atom. The van der Waals surface area contributed by atoms with Gasteiger partial charge in [-0.2, -0.15) is 0 Å². The van der Waals surface area contributed by atoms with Gasteiger partial charge in [0.2, 0.25) is 0 Å². The van der Waals surface area contributed by atoms with Gasteiger partial charge >= 0.3 is 200 Å². The fourth-order valence-electron chi connectivity index (χ4n) is 4.27. The van der Waals surface area contributed by atoms with Gasteiger partial charge in [0.25, 0.3) is 0 Å². The summed E-state index contributed by atoms with van der Waals surface area (Å²) in [5.41, 5.74) is 0.744. The van der Waals surface area contributed by atoms with Crippen molar-refractivity contribution in [1.29, 1.82) is 0 Å². The first-order chi connectivity index (χ1) is 15.9. The van der Waals surface area contributed by atoms with Gasteiger partial charge in [-0.05, 0) is 0 Å². The fraction of sp³-hybridized carbons (Fsp3) is 0.462. The SMILES string of the molecule is CCC[CH2][Ge]([CH2]CCC)([C](=O)c1c(OC)cccc1OC)[C](=O)c1c(OC)cccc1OC. The molecule has 0 spiro atoms. The number of hydrogen-bond acceptors (Lipinski definition) is 6. The van der Waals surface area contributed by atoms with Crippen molar-refractivity contribution < 1.29 is 28.5 Å². The molecule has 0 saturated carbocycles. The van der Waals surface area contributed by atoms with E-state index in [1.54, 1.807) is 36.4 Å². The van der Waals surface area contributed by atoms with Crippen LogP contribution in [0.25, 0.3) is 0 Å². The summed E-state index contributed by atoms with van der Waals surface area (Å²) < 4.78 is 22.0. The van der Waals surface area contributed by atoms with Crippen LogP contribution in [-0.2, 0) is 0 Å². The molecular weight excluding hydrogens is 481 g/mol. The van der Waals surface area contributed by atoms with Crippen molar-refractivity contribution in [3.8, 4) is 23.0 Å². The second-order valence-corrected chi connectivity index (χ2v) is 16.6. The molecule has 2 aromatic carbocycles. The first-order valence-corrected chi connectivity index (χ1v) is 16.5. The zero-order valence-corrected chi connectivity index (χ0v) is 22.8. The number of methoxy groups -OCH3 is 4. The molecule has 0 fully saturated rings. The summed E-state index contributed by atoms with van der Waals surface area (Å²) in [7, 11) is 6.12. The van der Waals surface area contributed by atoms with Crippen molar-refractivity contribution in [1.82, 2.24) is 0 Å². The molecule has 0 aliphatic rings. The van der Waals surface area contributed by atoms with Gasteiger partial charge in [-0.25, -0.2) is 0 Å². The molecule has 0 aliphatic heterocycles. The third kappa shape index (κ3) is 5.54. The first-order valence-electron chi connectivity index (χ1n) is 11.5. The van der Waals surface area contributed by atoms with E-state index in [0.29, 0.717) is 44.6 Å². The van der Waals surface area contributed by atoms with E-state index in [1.165, 1.54) is 28.4 Å². The molecule has 6 nitrogen and oxygen atoms in total. The van der Waals surface area contributed by atoms with Crippen LogP contribution in [0.3, 0.4) is 0 Å². The van der Waals surface area contributed by atoms with Gasteiger partial charge in [0, 0.05) is 0 Å². The van der Waals surface area contributed by atoms with Gasteiger partial charge in [0.15, 0.2) is 0 Å². The van der Waals surface area contributed by atoms with Crippen LogP contribution in [0.1, 0.15) is 60.2 Å². The van der Waals surface area contributed by atoms with Crippen molar-refractivity contribution >= 4 is 22.5 Å². The standard InChI is InChI=1S/C26H36GeO6/c1-7-9-17-27(18-10-8-2,25(28)23-19(30-3)13-11-14-20(23)31-4)26(29)24-21(32-5)15-12-16-22(24)33-6/h11-16H,7-10,17-18H2,1-6H3. The van der Waals surface area contributed by atoms with E-state index in [9.17, 15) is 9.59 Å². The predicted molar refractivity (Wildman–Crippen MR) is 133 cm³/mol. The van der Waals surface area contributed by atoms with E-state index in [-0.39, 0.29) is 9.23 Å². The Bertz CT molecular complexity index is 834. The third-order valence-corrected chi connectivity index (χ3v) is 15.9. The minimum absolute atomic E-state index is 0.107. The second-order valence-electron chi connectivity index (χ2n) is 8.02. The Morgan fingerprint density at radius 1 is 0.636 bits per heavy atom. The first kappa shape index (κ1) is 26.8. The Labute approximate surface area is 199 Å². The molecular formula is C26H36GeO6. The van der Waals surface area contributed by atoms with Gasteiger partial charge in [0.05, 0.1) is 0 Å². The van der Waals surface area contributed by atoms with Crippen LogP contribution in [0.5, 0.6) is 23.0 Å². The molecule has 33 heavy (non-hydrogen) atoms. The molecule has 0 atom stereocenters. The average molecular weight is 517 g/mol. The molecule has 2 rings (SSSR count). The minimum atomic E-state index is -4.02. The zero-order chi connectivity index (χ0) is 24.4. The maximum absolute atomic E-state index is 14.5. The molecule has 0 unspecified atom stereocenters. The van der Waals surface area contributed by atoms with Crippen LogP contribution in [0.4, 0.5) is 0 Å². The Kier molecular flexibility index (Phi) is 10.3. The summed E-state index contributed by atoms with van der Waals surface area (Å²) in [5, 5.41) is 1.19. The molecule has 0 aromatic heterocycles. The molecule has 0 amide bonds. The second kappa shape index (κ2) is 12.7. The topological polar surface area (TPSA) is 71.1 Å². The van der Waals surface area contributed by atoms with E-state index in [2.05, 4.69) is 13.8 Å². The van der Waals surface area contributed by atoms with Crippen LogP contribution in [0.15, 0.2) is 36.4 Å². The Morgan fingerprint density at radius 3 is 1.18 bits per heavy atom. The molecule has 0 aliphatic carbocycles. The molecule has 7 heteroatoms. The summed E-state index contributed by atoms with van der Waals surface area (Å²) in [6.07, 6.45) is 3.39. The fourth-order valence-corrected chi connectivity index (χ4v) is 14.2. The monoisotopic (exact) mass is 518 g/mol. The third-order valence-electron chi connectivity index (χ3n) is 6.09. The number of rotatable bonds is 14. The summed E-state index contributed by atoms with van der Waals surface area (Å²) in [4.78, 5) is 28.9. The number of unbranched alkanes of at least 4 members (excludes halogenated alkanes) is 2. The number of benzene rings is 2. The number of hydrogen-bond donors (Lipinski definition) is 0. The molecule has 0 heterocycles. The van der Waals surface area contributed by atoms with Crippen LogP contribution < -0.4 is 18.9 Å². The van der Waals surface area contributed by atoms with Crippen molar-refractivity contribution in [2.75, 3.05) is 28.4 Å². The van der Waals surface area contributed by atoms with Crippen LogP contribution in [0, 0.1) is 0 Å². The molecule has 0 saturated heterocycles. The summed E-state index contributed by atoms with van der Waals surface area (Å²) in [6, 6.07) is 10.6. The summed E-state index contributed by atoms with van der Waals surface area (Å²) >= 11 is -4.02. The van der Waals surface area contributed by atoms with Gasteiger partial charge in [-0.3, -0.25) is 0 Å². The maximum atomic E-state index is 14.5. The number of carbonyl (C=O) groups excluding carboxylic acids is 2. The van der Waals surface area contributed by atoms with Gasteiger partial charge in [-0.15, -0.1) is 0 Å². The normalized spacial score (nSPS) is 11.1. The Hall–Kier alpha value is -2.48. The van der Waals surface area contributed by atoms with E-state index in [4.69, 9.17) is 18.9 Å². The molecule has 180 valence electrons. The molecule has 0 radical (unpaired) electrons. The van der Waals surface area contributed by atoms with Crippen LogP contribution in [-0.4, -0.2) is 50.9 Å². The zero-order valence-electron chi connectivity index (χ0n) is 20.7. The van der Waals surface area contributed by atoms with E-state index in [1.807, 2.05) is 0 Å². The van der Waals surface area contributed by atoms with Crippen molar-refractivity contribution in [3.63, 3.8) is 0 Å². The van der Waals surface area contributed by atoms with E-state index < -0.39 is 13.3 Å². The van der Waals surface area contributed by atoms with E-state index >= 15 is 0 Å². The number of ether oxygens (including phenoxy) is 4. The quantitative estimate of drug-likeness (QED) is 0.290. The summed E-state index contributed by atoms with van der Waals surface area (Å²) in [5.74, 6) is 1.73. The average Bonchev–Trinajstić information content (AvgIpc) is 2.86. The molecule has 0 bridgehead atoms. The van der Waals surface area contributed by atoms with Crippen LogP contribution in [0.2, 0.25) is 10.5 Å². The molecule has 0 N–H and O–H groups in total. The van der Waals surface area contributed by atoms with E-state index in [0.717, 1.165) is 25.7 Å². The summed E-state index contributed by atoms with van der Waals surface area (Å²) in [6.45, 7) is 4.16. The van der Waals surface area contributed by atoms with Gasteiger partial charge in [-0.1, -0.05) is 0 Å². The predicted octanol–water partition coefficient (Wildman–Crippen LogP) is 5.91. The van der Waals surface area contributed by atoms with Gasteiger partial charge in [0.1, 0.15) is 0 Å². The Balaban J connectivity index is 2.83. The van der Waals surface area contributed by atoms with Crippen molar-refractivity contribution in [2.45, 2.75) is 50.0 Å².